The Morgan fingerprint density at radius 1 is 0.783 bits per heavy atom. The third kappa shape index (κ3) is 9.15. The fraction of sp³-hybridized carbons (Fsp3) is 0.171. The topological polar surface area (TPSA) is 115 Å². The van der Waals surface area contributed by atoms with Crippen LogP contribution in [-0.4, -0.2) is 44.3 Å². The molecule has 0 radical (unpaired) electrons. The molecule has 4 aromatic rings. The molecule has 4 rings (SSSR count). The Bertz CT molecular complexity index is 1710. The number of nitrogens with one attached hydrogen (secondary N) is 3. The van der Waals surface area contributed by atoms with Gasteiger partial charge in [0.15, 0.2) is 11.5 Å². The Labute approximate surface area is 280 Å². The molecular formula is C35H34BrN3O6S. The number of methoxy groups -OCH3 is 3. The molecule has 0 aliphatic carbocycles. The van der Waals surface area contributed by atoms with Gasteiger partial charge in [-0.1, -0.05) is 47.1 Å². The van der Waals surface area contributed by atoms with E-state index in [9.17, 15) is 14.4 Å². The van der Waals surface area contributed by atoms with Gasteiger partial charge in [0.25, 0.3) is 11.8 Å². The predicted octanol–water partition coefficient (Wildman–Crippen LogP) is 7.39. The summed E-state index contributed by atoms with van der Waals surface area (Å²) in [5.41, 5.74) is 2.02. The van der Waals surface area contributed by atoms with E-state index < -0.39 is 11.8 Å². The van der Waals surface area contributed by atoms with Gasteiger partial charge in [-0.2, -0.15) is 0 Å². The zero-order valence-electron chi connectivity index (χ0n) is 25.8. The minimum atomic E-state index is -0.566. The van der Waals surface area contributed by atoms with E-state index in [4.69, 9.17) is 14.2 Å². The van der Waals surface area contributed by atoms with Crippen LogP contribution >= 0.6 is 27.7 Å². The molecular weight excluding hydrogens is 670 g/mol. The van der Waals surface area contributed by atoms with Crippen molar-refractivity contribution in [2.75, 3.05) is 32.0 Å². The molecule has 4 aromatic carbocycles. The zero-order chi connectivity index (χ0) is 33.1. The average Bonchev–Trinajstić information content (AvgIpc) is 3.08. The first-order valence-electron chi connectivity index (χ1n) is 14.3. The van der Waals surface area contributed by atoms with Crippen molar-refractivity contribution in [3.05, 3.63) is 112 Å². The van der Waals surface area contributed by atoms with E-state index in [-0.39, 0.29) is 16.9 Å². The number of rotatable bonds is 13. The van der Waals surface area contributed by atoms with Crippen LogP contribution in [0, 0.1) is 0 Å². The molecule has 0 heterocycles. The molecule has 0 aromatic heterocycles. The van der Waals surface area contributed by atoms with Crippen molar-refractivity contribution >= 4 is 62.9 Å². The predicted molar refractivity (Wildman–Crippen MR) is 186 cm³/mol. The number of hydrogen-bond donors (Lipinski definition) is 3. The number of hydrogen-bond acceptors (Lipinski definition) is 7. The number of carbonyl (C=O) groups is 3. The molecule has 1 unspecified atom stereocenters. The highest BCUT2D eigenvalue weighted by atomic mass is 79.9. The number of anilines is 2. The highest BCUT2D eigenvalue weighted by Crippen LogP contribution is 2.36. The minimum Gasteiger partial charge on any atom is -0.496 e. The van der Waals surface area contributed by atoms with Gasteiger partial charge in [0.05, 0.1) is 26.6 Å². The molecule has 0 spiro atoms. The van der Waals surface area contributed by atoms with Gasteiger partial charge in [-0.25, -0.2) is 0 Å². The van der Waals surface area contributed by atoms with Gasteiger partial charge in [0, 0.05) is 37.9 Å². The first-order chi connectivity index (χ1) is 22.2. The molecule has 238 valence electrons. The molecule has 0 saturated carbocycles. The maximum atomic E-state index is 13.7. The normalized spacial score (nSPS) is 11.6. The smallest absolute Gasteiger partial charge is 0.272 e. The van der Waals surface area contributed by atoms with E-state index in [1.807, 2.05) is 37.3 Å². The van der Waals surface area contributed by atoms with Crippen molar-refractivity contribution in [1.29, 1.82) is 0 Å². The van der Waals surface area contributed by atoms with Crippen LogP contribution in [0.4, 0.5) is 11.4 Å². The van der Waals surface area contributed by atoms with E-state index in [0.717, 1.165) is 9.37 Å². The third-order valence-electron chi connectivity index (χ3n) is 6.71. The maximum Gasteiger partial charge on any atom is 0.272 e. The summed E-state index contributed by atoms with van der Waals surface area (Å²) in [5, 5.41) is 8.20. The van der Waals surface area contributed by atoms with Crippen molar-refractivity contribution in [2.24, 2.45) is 0 Å². The van der Waals surface area contributed by atoms with E-state index >= 15 is 0 Å². The fourth-order valence-corrected chi connectivity index (χ4v) is 5.63. The Balaban J connectivity index is 1.59. The highest BCUT2D eigenvalue weighted by molar-refractivity contribution is 9.10. The Hall–Kier alpha value is -4.74. The molecule has 3 N–H and O–H groups in total. The number of ether oxygens (including phenoxy) is 3. The van der Waals surface area contributed by atoms with Crippen molar-refractivity contribution in [3.63, 3.8) is 0 Å². The molecule has 0 aliphatic rings. The molecule has 11 heteroatoms. The standard InChI is InChI=1S/C35H34BrN3O6S/c1-5-32(35(42)37-25-16-14-24(36)15-17-25)46-27-13-9-12-26(20-27)38-34(41)28(39-33(40)22-10-7-6-8-11-22)18-23-19-30(44-3)31(45-4)21-29(23)43-2/h6-21,32H,5H2,1-4H3,(H,37,42)(H,38,41)(H,39,40)/b28-18+. The first kappa shape index (κ1) is 34.1. The zero-order valence-corrected chi connectivity index (χ0v) is 28.2. The van der Waals surface area contributed by atoms with Gasteiger partial charge >= 0.3 is 0 Å². The van der Waals surface area contributed by atoms with E-state index in [1.54, 1.807) is 60.7 Å². The third-order valence-corrected chi connectivity index (χ3v) is 8.60. The van der Waals surface area contributed by atoms with Crippen molar-refractivity contribution in [1.82, 2.24) is 5.32 Å². The SMILES string of the molecule is CCC(Sc1cccc(NC(=O)/C(=C\c2cc(OC)c(OC)cc2OC)NC(=O)c2ccccc2)c1)C(=O)Nc1ccc(Br)cc1. The van der Waals surface area contributed by atoms with Crippen LogP contribution in [0.3, 0.4) is 0 Å². The molecule has 46 heavy (non-hydrogen) atoms. The van der Waals surface area contributed by atoms with Gasteiger partial charge in [-0.05, 0) is 73.2 Å². The van der Waals surface area contributed by atoms with E-state index in [1.165, 1.54) is 39.2 Å². The molecule has 9 nitrogen and oxygen atoms in total. The second-order valence-electron chi connectivity index (χ2n) is 9.82. The molecule has 0 bridgehead atoms. The summed E-state index contributed by atoms with van der Waals surface area (Å²) in [5.74, 6) is 0.116. The molecule has 0 fully saturated rings. The van der Waals surface area contributed by atoms with Gasteiger partial charge in [-0.3, -0.25) is 14.4 Å². The number of amides is 3. The number of thioether (sulfide) groups is 1. The Kier molecular flexibility index (Phi) is 12.3. The minimum absolute atomic E-state index is 0.0299. The van der Waals surface area contributed by atoms with Gasteiger partial charge in [0.2, 0.25) is 5.91 Å². The lowest BCUT2D eigenvalue weighted by Crippen LogP contribution is -2.30. The Morgan fingerprint density at radius 3 is 2.11 bits per heavy atom. The van der Waals surface area contributed by atoms with Crippen LogP contribution in [0.5, 0.6) is 17.2 Å². The number of benzene rings is 4. The van der Waals surface area contributed by atoms with Crippen LogP contribution in [0.1, 0.15) is 29.3 Å². The van der Waals surface area contributed by atoms with Crippen LogP contribution in [0.25, 0.3) is 6.08 Å². The van der Waals surface area contributed by atoms with Crippen molar-refractivity contribution in [2.45, 2.75) is 23.5 Å². The summed E-state index contributed by atoms with van der Waals surface area (Å²) in [4.78, 5) is 40.7. The second-order valence-corrected chi connectivity index (χ2v) is 12.0. The molecule has 1 atom stereocenters. The van der Waals surface area contributed by atoms with Crippen molar-refractivity contribution < 1.29 is 28.6 Å². The lowest BCUT2D eigenvalue weighted by Gasteiger charge is -2.16. The first-order valence-corrected chi connectivity index (χ1v) is 15.9. The van der Waals surface area contributed by atoms with Gasteiger partial charge < -0.3 is 30.2 Å². The summed E-state index contributed by atoms with van der Waals surface area (Å²) >= 11 is 4.79. The average molecular weight is 705 g/mol. The van der Waals surface area contributed by atoms with Gasteiger partial charge in [0.1, 0.15) is 11.4 Å². The largest absolute Gasteiger partial charge is 0.496 e. The second kappa shape index (κ2) is 16.5. The number of carbonyl (C=O) groups excluding carboxylic acids is 3. The summed E-state index contributed by atoms with van der Waals surface area (Å²) in [7, 11) is 4.50. The quantitative estimate of drug-likeness (QED) is 0.0982. The lowest BCUT2D eigenvalue weighted by molar-refractivity contribution is -0.116. The molecule has 0 aliphatic heterocycles. The number of halogens is 1. The monoisotopic (exact) mass is 703 g/mol. The summed E-state index contributed by atoms with van der Waals surface area (Å²) in [6.45, 7) is 1.94. The summed E-state index contributed by atoms with van der Waals surface area (Å²) in [6, 6.07) is 26.4. The van der Waals surface area contributed by atoms with Crippen LogP contribution in [0.2, 0.25) is 0 Å². The fourth-order valence-electron chi connectivity index (χ4n) is 4.35. The summed E-state index contributed by atoms with van der Waals surface area (Å²) in [6.07, 6.45) is 2.10. The van der Waals surface area contributed by atoms with E-state index in [2.05, 4.69) is 31.9 Å². The van der Waals surface area contributed by atoms with Gasteiger partial charge in [-0.15, -0.1) is 11.8 Å². The van der Waals surface area contributed by atoms with Crippen LogP contribution in [0.15, 0.2) is 106 Å². The van der Waals surface area contributed by atoms with Crippen LogP contribution in [-0.2, 0) is 9.59 Å². The van der Waals surface area contributed by atoms with Crippen LogP contribution < -0.4 is 30.2 Å². The molecule has 0 saturated heterocycles. The lowest BCUT2D eigenvalue weighted by atomic mass is 10.1. The van der Waals surface area contributed by atoms with E-state index in [0.29, 0.717) is 46.2 Å². The Morgan fingerprint density at radius 2 is 1.46 bits per heavy atom. The summed E-state index contributed by atoms with van der Waals surface area (Å²) < 4.78 is 17.3. The molecule has 3 amide bonds. The van der Waals surface area contributed by atoms with Crippen molar-refractivity contribution in [3.8, 4) is 17.2 Å². The maximum absolute atomic E-state index is 13.7. The highest BCUT2D eigenvalue weighted by Gasteiger charge is 2.20.